The van der Waals surface area contributed by atoms with E-state index in [0.29, 0.717) is 11.3 Å². The highest BCUT2D eigenvalue weighted by molar-refractivity contribution is 9.11. The summed E-state index contributed by atoms with van der Waals surface area (Å²) < 4.78 is 0.918. The largest absolute Gasteiger partial charge is 0.384 e. The number of halogens is 1. The normalized spacial score (nSPS) is 9.75. The third-order valence-corrected chi connectivity index (χ3v) is 4.13. The van der Waals surface area contributed by atoms with Crippen LogP contribution in [0.1, 0.15) is 21.5 Å². The van der Waals surface area contributed by atoms with Crippen LogP contribution in [-0.4, -0.2) is 17.6 Å². The number of thiophene rings is 1. The van der Waals surface area contributed by atoms with Crippen molar-refractivity contribution in [3.8, 4) is 11.8 Å². The fourth-order valence-corrected chi connectivity index (χ4v) is 2.74. The molecule has 0 atom stereocenters. The molecule has 102 valence electrons. The van der Waals surface area contributed by atoms with Gasteiger partial charge in [-0.05, 0) is 46.6 Å². The van der Waals surface area contributed by atoms with Crippen molar-refractivity contribution in [2.75, 3.05) is 11.9 Å². The third-order valence-electron chi connectivity index (χ3n) is 2.63. The second-order valence-electron chi connectivity index (χ2n) is 4.08. The van der Waals surface area contributed by atoms with Crippen LogP contribution in [0.4, 0.5) is 5.69 Å². The molecule has 2 aromatic rings. The SMILES string of the molecule is Cc1ccc(NC(=O)c2csc(Br)c2)cc1C#CCO. The van der Waals surface area contributed by atoms with E-state index >= 15 is 0 Å². The van der Waals surface area contributed by atoms with Crippen molar-refractivity contribution in [3.63, 3.8) is 0 Å². The molecule has 0 bridgehead atoms. The molecule has 5 heteroatoms. The Morgan fingerprint density at radius 1 is 1.45 bits per heavy atom. The summed E-state index contributed by atoms with van der Waals surface area (Å²) in [6.07, 6.45) is 0. The average Bonchev–Trinajstić information content (AvgIpc) is 2.86. The quantitative estimate of drug-likeness (QED) is 0.816. The first-order chi connectivity index (χ1) is 9.60. The molecule has 1 amide bonds. The van der Waals surface area contributed by atoms with Crippen molar-refractivity contribution in [2.24, 2.45) is 0 Å². The smallest absolute Gasteiger partial charge is 0.256 e. The number of amides is 1. The number of carbonyl (C=O) groups is 1. The van der Waals surface area contributed by atoms with E-state index < -0.39 is 0 Å². The van der Waals surface area contributed by atoms with E-state index in [9.17, 15) is 4.79 Å². The van der Waals surface area contributed by atoms with Gasteiger partial charge in [-0.15, -0.1) is 11.3 Å². The molecule has 3 nitrogen and oxygen atoms in total. The summed E-state index contributed by atoms with van der Waals surface area (Å²) in [5.41, 5.74) is 3.10. The molecule has 0 radical (unpaired) electrons. The molecule has 0 saturated carbocycles. The van der Waals surface area contributed by atoms with Crippen LogP contribution in [0.15, 0.2) is 33.4 Å². The lowest BCUT2D eigenvalue weighted by atomic mass is 10.1. The molecule has 0 saturated heterocycles. The Kier molecular flexibility index (Phi) is 4.96. The highest BCUT2D eigenvalue weighted by atomic mass is 79.9. The maximum absolute atomic E-state index is 12.0. The zero-order valence-electron chi connectivity index (χ0n) is 10.7. The molecule has 0 fully saturated rings. The van der Waals surface area contributed by atoms with Crippen LogP contribution in [-0.2, 0) is 0 Å². The Balaban J connectivity index is 2.19. The van der Waals surface area contributed by atoms with Crippen molar-refractivity contribution in [2.45, 2.75) is 6.92 Å². The lowest BCUT2D eigenvalue weighted by molar-refractivity contribution is 0.102. The van der Waals surface area contributed by atoms with Gasteiger partial charge in [-0.1, -0.05) is 17.9 Å². The Bertz CT molecular complexity index is 697. The molecule has 0 spiro atoms. The van der Waals surface area contributed by atoms with Gasteiger partial charge in [0.1, 0.15) is 6.61 Å². The first-order valence-electron chi connectivity index (χ1n) is 5.86. The Morgan fingerprint density at radius 2 is 2.25 bits per heavy atom. The number of nitrogens with one attached hydrogen (secondary N) is 1. The maximum atomic E-state index is 12.0. The van der Waals surface area contributed by atoms with Crippen molar-refractivity contribution >= 4 is 38.9 Å². The molecule has 0 unspecified atom stereocenters. The van der Waals surface area contributed by atoms with Gasteiger partial charge in [-0.2, -0.15) is 0 Å². The molecule has 20 heavy (non-hydrogen) atoms. The minimum atomic E-state index is -0.182. The van der Waals surface area contributed by atoms with Crippen molar-refractivity contribution in [1.82, 2.24) is 0 Å². The fraction of sp³-hybridized carbons (Fsp3) is 0.133. The van der Waals surface area contributed by atoms with Crippen LogP contribution < -0.4 is 5.32 Å². The van der Waals surface area contributed by atoms with Gasteiger partial charge < -0.3 is 10.4 Å². The number of rotatable bonds is 2. The molecule has 1 heterocycles. The topological polar surface area (TPSA) is 49.3 Å². The summed E-state index contributed by atoms with van der Waals surface area (Å²) in [4.78, 5) is 12.0. The van der Waals surface area contributed by atoms with E-state index in [1.165, 1.54) is 11.3 Å². The summed E-state index contributed by atoms with van der Waals surface area (Å²) in [6.45, 7) is 1.75. The molecule has 0 aliphatic carbocycles. The van der Waals surface area contributed by atoms with Crippen LogP contribution in [0.2, 0.25) is 0 Å². The van der Waals surface area contributed by atoms with E-state index in [1.807, 2.05) is 19.1 Å². The molecule has 2 N–H and O–H groups in total. The summed E-state index contributed by atoms with van der Waals surface area (Å²) in [6, 6.07) is 7.30. The standard InChI is InChI=1S/C15H12BrNO2S/c1-10-4-5-13(7-11(10)3-2-6-18)17-15(19)12-8-14(16)20-9-12/h4-5,7-9,18H,6H2,1H3,(H,17,19). The predicted molar refractivity (Wildman–Crippen MR) is 85.1 cm³/mol. The van der Waals surface area contributed by atoms with Crippen molar-refractivity contribution in [1.29, 1.82) is 0 Å². The highest BCUT2D eigenvalue weighted by Gasteiger charge is 2.08. The summed E-state index contributed by atoms with van der Waals surface area (Å²) in [5, 5.41) is 13.4. The second-order valence-corrected chi connectivity index (χ2v) is 6.37. The van der Waals surface area contributed by atoms with Gasteiger partial charge >= 0.3 is 0 Å². The van der Waals surface area contributed by atoms with Gasteiger partial charge in [0.2, 0.25) is 0 Å². The minimum absolute atomic E-state index is 0.156. The van der Waals surface area contributed by atoms with Crippen molar-refractivity contribution in [3.05, 3.63) is 50.1 Å². The zero-order valence-corrected chi connectivity index (χ0v) is 13.1. The van der Waals surface area contributed by atoms with Gasteiger partial charge in [0.15, 0.2) is 0 Å². The maximum Gasteiger partial charge on any atom is 0.256 e. The van der Waals surface area contributed by atoms with E-state index in [2.05, 4.69) is 33.1 Å². The highest BCUT2D eigenvalue weighted by Crippen LogP contribution is 2.22. The number of aliphatic hydroxyl groups excluding tert-OH is 1. The molecule has 1 aromatic heterocycles. The molecule has 0 aliphatic heterocycles. The van der Waals surface area contributed by atoms with Crippen LogP contribution in [0, 0.1) is 18.8 Å². The lowest BCUT2D eigenvalue weighted by Gasteiger charge is -2.06. The van der Waals surface area contributed by atoms with Crippen LogP contribution in [0.3, 0.4) is 0 Å². The number of carbonyl (C=O) groups excluding carboxylic acids is 1. The van der Waals surface area contributed by atoms with Crippen LogP contribution >= 0.6 is 27.3 Å². The van der Waals surface area contributed by atoms with E-state index in [4.69, 9.17) is 5.11 Å². The van der Waals surface area contributed by atoms with E-state index in [0.717, 1.165) is 14.9 Å². The first kappa shape index (κ1) is 14.8. The Labute approximate surface area is 129 Å². The Hall–Kier alpha value is -1.61. The Morgan fingerprint density at radius 3 is 2.90 bits per heavy atom. The number of hydrogen-bond acceptors (Lipinski definition) is 3. The molecular weight excluding hydrogens is 338 g/mol. The number of aliphatic hydroxyl groups is 1. The van der Waals surface area contributed by atoms with Gasteiger partial charge in [-0.25, -0.2) is 0 Å². The number of anilines is 1. The van der Waals surface area contributed by atoms with Gasteiger partial charge in [0, 0.05) is 16.6 Å². The minimum Gasteiger partial charge on any atom is -0.384 e. The molecule has 2 rings (SSSR count). The van der Waals surface area contributed by atoms with Gasteiger partial charge in [0.05, 0.1) is 9.35 Å². The first-order valence-corrected chi connectivity index (χ1v) is 7.53. The lowest BCUT2D eigenvalue weighted by Crippen LogP contribution is -2.10. The second kappa shape index (κ2) is 6.71. The summed E-state index contributed by atoms with van der Waals surface area (Å²) in [7, 11) is 0. The predicted octanol–water partition coefficient (Wildman–Crippen LogP) is 3.42. The summed E-state index contributed by atoms with van der Waals surface area (Å²) in [5.74, 6) is 5.32. The summed E-state index contributed by atoms with van der Waals surface area (Å²) >= 11 is 4.80. The zero-order chi connectivity index (χ0) is 14.5. The fourth-order valence-electron chi connectivity index (χ4n) is 1.60. The molecular formula is C15H12BrNO2S. The molecule has 1 aromatic carbocycles. The average molecular weight is 350 g/mol. The third kappa shape index (κ3) is 3.70. The monoisotopic (exact) mass is 349 g/mol. The van der Waals surface area contributed by atoms with E-state index in [-0.39, 0.29) is 12.5 Å². The van der Waals surface area contributed by atoms with E-state index in [1.54, 1.807) is 17.5 Å². The number of benzene rings is 1. The molecule has 0 aliphatic rings. The van der Waals surface area contributed by atoms with Crippen LogP contribution in [0.5, 0.6) is 0 Å². The van der Waals surface area contributed by atoms with Gasteiger partial charge in [-0.3, -0.25) is 4.79 Å². The number of hydrogen-bond donors (Lipinski definition) is 2. The number of aryl methyl sites for hydroxylation is 1. The van der Waals surface area contributed by atoms with Crippen LogP contribution in [0.25, 0.3) is 0 Å². The van der Waals surface area contributed by atoms with Crippen molar-refractivity contribution < 1.29 is 9.90 Å². The van der Waals surface area contributed by atoms with Gasteiger partial charge in [0.25, 0.3) is 5.91 Å².